The molecule has 18 heavy (non-hydrogen) atoms. The van der Waals surface area contributed by atoms with Gasteiger partial charge in [0, 0.05) is 11.1 Å². The average Bonchev–Trinajstić information content (AvgIpc) is 2.68. The van der Waals surface area contributed by atoms with Crippen molar-refractivity contribution < 1.29 is 4.52 Å². The molecule has 0 bridgehead atoms. The zero-order chi connectivity index (χ0) is 13.1. The largest absolute Gasteiger partial charge is 0.360 e. The lowest BCUT2D eigenvalue weighted by atomic mass is 10.1. The molecule has 1 heterocycles. The third kappa shape index (κ3) is 2.45. The van der Waals surface area contributed by atoms with E-state index in [0.29, 0.717) is 21.3 Å². The van der Waals surface area contributed by atoms with E-state index in [1.807, 2.05) is 25.1 Å². The standard InChI is InChI=1S/C14H13Cl2NO/c1-3-4-6-10-9(2)18-17-14(10)13-11(15)7-5-8-12(13)16/h4-8H,3H2,1-2H3/b6-4+. The maximum atomic E-state index is 6.19. The zero-order valence-electron chi connectivity index (χ0n) is 10.2. The number of rotatable bonds is 3. The van der Waals surface area contributed by atoms with Crippen molar-refractivity contribution >= 4 is 29.3 Å². The van der Waals surface area contributed by atoms with E-state index in [-0.39, 0.29) is 0 Å². The first-order valence-electron chi connectivity index (χ1n) is 5.72. The first kappa shape index (κ1) is 13.2. The Morgan fingerprint density at radius 3 is 2.56 bits per heavy atom. The van der Waals surface area contributed by atoms with Gasteiger partial charge in [0.2, 0.25) is 0 Å². The van der Waals surface area contributed by atoms with Crippen LogP contribution < -0.4 is 0 Å². The van der Waals surface area contributed by atoms with Crippen LogP contribution in [0.4, 0.5) is 0 Å². The predicted molar refractivity (Wildman–Crippen MR) is 76.0 cm³/mol. The monoisotopic (exact) mass is 281 g/mol. The Labute approximate surface area is 116 Å². The van der Waals surface area contributed by atoms with Crippen LogP contribution in [-0.2, 0) is 0 Å². The van der Waals surface area contributed by atoms with E-state index >= 15 is 0 Å². The minimum absolute atomic E-state index is 0.571. The predicted octanol–water partition coefficient (Wildman–Crippen LogP) is 5.38. The number of aryl methyl sites for hydroxylation is 1. The van der Waals surface area contributed by atoms with Crippen LogP contribution in [0.3, 0.4) is 0 Å². The van der Waals surface area contributed by atoms with E-state index in [1.54, 1.807) is 12.1 Å². The number of benzene rings is 1. The molecule has 0 unspecified atom stereocenters. The molecule has 2 aromatic rings. The molecule has 0 amide bonds. The molecule has 0 N–H and O–H groups in total. The van der Waals surface area contributed by atoms with Crippen molar-refractivity contribution in [2.24, 2.45) is 0 Å². The van der Waals surface area contributed by atoms with E-state index in [9.17, 15) is 0 Å². The minimum Gasteiger partial charge on any atom is -0.360 e. The first-order valence-corrected chi connectivity index (χ1v) is 6.48. The number of aromatic nitrogens is 1. The molecule has 0 saturated carbocycles. The quantitative estimate of drug-likeness (QED) is 0.755. The van der Waals surface area contributed by atoms with Crippen LogP contribution in [0.1, 0.15) is 24.7 Å². The topological polar surface area (TPSA) is 26.0 Å². The highest BCUT2D eigenvalue weighted by molar-refractivity contribution is 6.39. The van der Waals surface area contributed by atoms with Crippen LogP contribution in [0.25, 0.3) is 17.3 Å². The second kappa shape index (κ2) is 5.59. The van der Waals surface area contributed by atoms with E-state index in [4.69, 9.17) is 27.7 Å². The van der Waals surface area contributed by atoms with Crippen molar-refractivity contribution in [3.8, 4) is 11.3 Å². The number of hydrogen-bond donors (Lipinski definition) is 0. The second-order valence-corrected chi connectivity index (χ2v) is 4.72. The Morgan fingerprint density at radius 1 is 1.28 bits per heavy atom. The second-order valence-electron chi connectivity index (χ2n) is 3.91. The Balaban J connectivity index is 2.61. The molecule has 4 heteroatoms. The van der Waals surface area contributed by atoms with Gasteiger partial charge in [-0.25, -0.2) is 0 Å². The van der Waals surface area contributed by atoms with Crippen LogP contribution in [0.5, 0.6) is 0 Å². The summed E-state index contributed by atoms with van der Waals surface area (Å²) in [5, 5.41) is 5.21. The molecular formula is C14H13Cl2NO. The maximum absolute atomic E-state index is 6.19. The van der Waals surface area contributed by atoms with Crippen molar-refractivity contribution in [1.82, 2.24) is 5.16 Å². The molecule has 1 aromatic heterocycles. The van der Waals surface area contributed by atoms with E-state index in [0.717, 1.165) is 17.7 Å². The lowest BCUT2D eigenvalue weighted by molar-refractivity contribution is 0.399. The molecule has 0 saturated heterocycles. The van der Waals surface area contributed by atoms with Crippen molar-refractivity contribution in [3.63, 3.8) is 0 Å². The van der Waals surface area contributed by atoms with Gasteiger partial charge in [0.05, 0.1) is 10.0 Å². The molecule has 1 aromatic carbocycles. The van der Waals surface area contributed by atoms with E-state index in [2.05, 4.69) is 12.1 Å². The first-order chi connectivity index (χ1) is 8.65. The van der Waals surface area contributed by atoms with Gasteiger partial charge in [-0.2, -0.15) is 0 Å². The molecule has 0 fully saturated rings. The number of hydrogen-bond acceptors (Lipinski definition) is 2. The summed E-state index contributed by atoms with van der Waals surface area (Å²) >= 11 is 12.4. The summed E-state index contributed by atoms with van der Waals surface area (Å²) in [4.78, 5) is 0. The van der Waals surface area contributed by atoms with Gasteiger partial charge >= 0.3 is 0 Å². The van der Waals surface area contributed by atoms with Crippen molar-refractivity contribution in [2.75, 3.05) is 0 Å². The molecule has 0 spiro atoms. The Morgan fingerprint density at radius 2 is 1.94 bits per heavy atom. The van der Waals surface area contributed by atoms with Crippen molar-refractivity contribution in [1.29, 1.82) is 0 Å². The third-order valence-corrected chi connectivity index (χ3v) is 3.26. The average molecular weight is 282 g/mol. The third-order valence-electron chi connectivity index (χ3n) is 2.63. The molecule has 2 rings (SSSR count). The summed E-state index contributed by atoms with van der Waals surface area (Å²) in [6.07, 6.45) is 4.98. The molecule has 0 atom stereocenters. The lowest BCUT2D eigenvalue weighted by Crippen LogP contribution is -1.85. The molecule has 2 nitrogen and oxygen atoms in total. The smallest absolute Gasteiger partial charge is 0.141 e. The van der Waals surface area contributed by atoms with E-state index in [1.165, 1.54) is 0 Å². The molecular weight excluding hydrogens is 269 g/mol. The summed E-state index contributed by atoms with van der Waals surface area (Å²) in [6, 6.07) is 5.39. The Hall–Kier alpha value is -1.25. The van der Waals surface area contributed by atoms with E-state index < -0.39 is 0 Å². The SMILES string of the molecule is CC/C=C/c1c(-c2c(Cl)cccc2Cl)noc1C. The number of allylic oxidation sites excluding steroid dienone is 1. The highest BCUT2D eigenvalue weighted by Gasteiger charge is 2.17. The summed E-state index contributed by atoms with van der Waals surface area (Å²) < 4.78 is 5.24. The highest BCUT2D eigenvalue weighted by atomic mass is 35.5. The van der Waals surface area contributed by atoms with Crippen LogP contribution >= 0.6 is 23.2 Å². The Bertz CT molecular complexity index is 567. The van der Waals surface area contributed by atoms with Gasteiger partial charge in [0.1, 0.15) is 11.5 Å². The minimum atomic E-state index is 0.571. The summed E-state index contributed by atoms with van der Waals surface area (Å²) in [5.74, 6) is 0.755. The van der Waals surface area contributed by atoms with Crippen LogP contribution in [-0.4, -0.2) is 5.16 Å². The van der Waals surface area contributed by atoms with Crippen LogP contribution in [0.2, 0.25) is 10.0 Å². The maximum Gasteiger partial charge on any atom is 0.141 e. The number of halogens is 2. The van der Waals surface area contributed by atoms with Gasteiger partial charge in [-0.3, -0.25) is 0 Å². The van der Waals surface area contributed by atoms with Gasteiger partial charge < -0.3 is 4.52 Å². The van der Waals surface area contributed by atoms with Gasteiger partial charge in [-0.15, -0.1) is 0 Å². The van der Waals surface area contributed by atoms with Crippen LogP contribution in [0.15, 0.2) is 28.8 Å². The van der Waals surface area contributed by atoms with Crippen LogP contribution in [0, 0.1) is 6.92 Å². The van der Waals surface area contributed by atoms with Gasteiger partial charge in [-0.1, -0.05) is 53.5 Å². The highest BCUT2D eigenvalue weighted by Crippen LogP contribution is 2.37. The Kier molecular flexibility index (Phi) is 4.10. The molecule has 0 aliphatic rings. The fourth-order valence-corrected chi connectivity index (χ4v) is 2.29. The van der Waals surface area contributed by atoms with Gasteiger partial charge in [0.15, 0.2) is 0 Å². The normalized spacial score (nSPS) is 11.3. The molecule has 0 radical (unpaired) electrons. The summed E-state index contributed by atoms with van der Waals surface area (Å²) in [5.41, 5.74) is 2.33. The molecule has 0 aliphatic heterocycles. The van der Waals surface area contributed by atoms with Crippen molar-refractivity contribution in [3.05, 3.63) is 45.6 Å². The summed E-state index contributed by atoms with van der Waals surface area (Å²) in [6.45, 7) is 3.94. The number of nitrogens with zero attached hydrogens (tertiary/aromatic N) is 1. The zero-order valence-corrected chi connectivity index (χ0v) is 11.7. The fourth-order valence-electron chi connectivity index (χ4n) is 1.72. The fraction of sp³-hybridized carbons (Fsp3) is 0.214. The van der Waals surface area contributed by atoms with Gasteiger partial charge in [0.25, 0.3) is 0 Å². The van der Waals surface area contributed by atoms with Crippen molar-refractivity contribution in [2.45, 2.75) is 20.3 Å². The molecule has 0 aliphatic carbocycles. The van der Waals surface area contributed by atoms with Gasteiger partial charge in [-0.05, 0) is 25.5 Å². The lowest BCUT2D eigenvalue weighted by Gasteiger charge is -2.04. The molecule has 94 valence electrons. The summed E-state index contributed by atoms with van der Waals surface area (Å²) in [7, 11) is 0.